The molecule has 5 nitrogen and oxygen atoms in total. The first-order chi connectivity index (χ1) is 9.61. The second-order valence-corrected chi connectivity index (χ2v) is 4.23. The third kappa shape index (κ3) is 3.13. The van der Waals surface area contributed by atoms with Crippen molar-refractivity contribution in [3.8, 4) is 23.0 Å². The SMILES string of the molecule is COc1ccccc1OCC(O)c1ccc(O)c(O)c1. The Balaban J connectivity index is 2.04. The predicted molar refractivity (Wildman–Crippen MR) is 73.2 cm³/mol. The lowest BCUT2D eigenvalue weighted by Crippen LogP contribution is -2.10. The van der Waals surface area contributed by atoms with Crippen molar-refractivity contribution < 1.29 is 24.8 Å². The number of aliphatic hydroxyl groups is 1. The molecule has 5 heteroatoms. The molecule has 0 amide bonds. The molecule has 1 atom stereocenters. The maximum atomic E-state index is 10.0. The Morgan fingerprint density at radius 1 is 1.00 bits per heavy atom. The average molecular weight is 276 g/mol. The van der Waals surface area contributed by atoms with E-state index in [0.29, 0.717) is 17.1 Å². The van der Waals surface area contributed by atoms with Crippen LogP contribution in [0.3, 0.4) is 0 Å². The first kappa shape index (κ1) is 14.0. The van der Waals surface area contributed by atoms with E-state index >= 15 is 0 Å². The minimum atomic E-state index is -0.925. The fourth-order valence-corrected chi connectivity index (χ4v) is 1.75. The third-order valence-electron chi connectivity index (χ3n) is 2.85. The van der Waals surface area contributed by atoms with Crippen LogP contribution in [0.5, 0.6) is 23.0 Å². The molecule has 2 aromatic rings. The Hall–Kier alpha value is -2.40. The molecule has 0 saturated heterocycles. The summed E-state index contributed by atoms with van der Waals surface area (Å²) in [6.07, 6.45) is -0.925. The summed E-state index contributed by atoms with van der Waals surface area (Å²) in [6, 6.07) is 11.2. The fourth-order valence-electron chi connectivity index (χ4n) is 1.75. The lowest BCUT2D eigenvalue weighted by atomic mass is 10.1. The van der Waals surface area contributed by atoms with Crippen molar-refractivity contribution in [1.82, 2.24) is 0 Å². The van der Waals surface area contributed by atoms with Crippen molar-refractivity contribution in [2.24, 2.45) is 0 Å². The molecule has 20 heavy (non-hydrogen) atoms. The average Bonchev–Trinajstić information content (AvgIpc) is 2.47. The Morgan fingerprint density at radius 2 is 1.70 bits per heavy atom. The van der Waals surface area contributed by atoms with E-state index in [9.17, 15) is 15.3 Å². The molecule has 2 rings (SSSR count). The van der Waals surface area contributed by atoms with E-state index in [-0.39, 0.29) is 18.1 Å². The number of para-hydroxylation sites is 2. The van der Waals surface area contributed by atoms with Crippen molar-refractivity contribution in [3.05, 3.63) is 48.0 Å². The standard InChI is InChI=1S/C15H16O5/c1-19-14-4-2-3-5-15(14)20-9-13(18)10-6-7-11(16)12(17)8-10/h2-8,13,16-18H,9H2,1H3. The van der Waals surface area contributed by atoms with Gasteiger partial charge in [-0.25, -0.2) is 0 Å². The minimum Gasteiger partial charge on any atom is -0.504 e. The number of hydrogen-bond acceptors (Lipinski definition) is 5. The topological polar surface area (TPSA) is 79.2 Å². The number of ether oxygens (including phenoxy) is 2. The number of hydrogen-bond donors (Lipinski definition) is 3. The highest BCUT2D eigenvalue weighted by Crippen LogP contribution is 2.30. The fraction of sp³-hybridized carbons (Fsp3) is 0.200. The van der Waals surface area contributed by atoms with Crippen molar-refractivity contribution in [1.29, 1.82) is 0 Å². The van der Waals surface area contributed by atoms with Crippen LogP contribution in [0.1, 0.15) is 11.7 Å². The van der Waals surface area contributed by atoms with Gasteiger partial charge in [-0.05, 0) is 29.8 Å². The van der Waals surface area contributed by atoms with Gasteiger partial charge in [-0.15, -0.1) is 0 Å². The summed E-state index contributed by atoms with van der Waals surface area (Å²) in [5, 5.41) is 28.6. The van der Waals surface area contributed by atoms with Gasteiger partial charge in [-0.3, -0.25) is 0 Å². The van der Waals surface area contributed by atoms with Gasteiger partial charge in [0.05, 0.1) is 7.11 Å². The zero-order chi connectivity index (χ0) is 14.5. The van der Waals surface area contributed by atoms with Gasteiger partial charge in [0.2, 0.25) is 0 Å². The number of aromatic hydroxyl groups is 2. The van der Waals surface area contributed by atoms with Gasteiger partial charge in [0, 0.05) is 0 Å². The van der Waals surface area contributed by atoms with E-state index in [0.717, 1.165) is 0 Å². The highest BCUT2D eigenvalue weighted by molar-refractivity contribution is 5.42. The minimum absolute atomic E-state index is 0.00455. The second-order valence-electron chi connectivity index (χ2n) is 4.23. The van der Waals surface area contributed by atoms with Crippen LogP contribution in [0.2, 0.25) is 0 Å². The van der Waals surface area contributed by atoms with E-state index in [1.165, 1.54) is 25.3 Å². The number of rotatable bonds is 5. The molecule has 106 valence electrons. The van der Waals surface area contributed by atoms with Crippen LogP contribution >= 0.6 is 0 Å². The largest absolute Gasteiger partial charge is 0.504 e. The molecule has 0 aliphatic heterocycles. The number of phenols is 2. The summed E-state index contributed by atoms with van der Waals surface area (Å²) < 4.78 is 10.6. The molecule has 0 spiro atoms. The molecular weight excluding hydrogens is 260 g/mol. The number of benzene rings is 2. The van der Waals surface area contributed by atoms with Crippen LogP contribution in [-0.4, -0.2) is 29.0 Å². The van der Waals surface area contributed by atoms with Gasteiger partial charge in [-0.1, -0.05) is 18.2 Å². The molecule has 2 aromatic carbocycles. The van der Waals surface area contributed by atoms with Crippen LogP contribution in [0, 0.1) is 0 Å². The van der Waals surface area contributed by atoms with Crippen LogP contribution < -0.4 is 9.47 Å². The van der Waals surface area contributed by atoms with E-state index in [1.54, 1.807) is 18.2 Å². The second kappa shape index (κ2) is 6.16. The van der Waals surface area contributed by atoms with Crippen LogP contribution in [-0.2, 0) is 0 Å². The lowest BCUT2D eigenvalue weighted by molar-refractivity contribution is 0.106. The maximum Gasteiger partial charge on any atom is 0.161 e. The van der Waals surface area contributed by atoms with Crippen LogP contribution in [0.15, 0.2) is 42.5 Å². The molecule has 0 aromatic heterocycles. The van der Waals surface area contributed by atoms with Gasteiger partial charge in [0.25, 0.3) is 0 Å². The molecular formula is C15H16O5. The van der Waals surface area contributed by atoms with E-state index in [4.69, 9.17) is 9.47 Å². The summed E-state index contributed by atoms with van der Waals surface area (Å²) >= 11 is 0. The van der Waals surface area contributed by atoms with Crippen LogP contribution in [0.4, 0.5) is 0 Å². The van der Waals surface area contributed by atoms with Crippen molar-refractivity contribution in [3.63, 3.8) is 0 Å². The zero-order valence-corrected chi connectivity index (χ0v) is 11.0. The Labute approximate surface area is 116 Å². The first-order valence-electron chi connectivity index (χ1n) is 6.07. The Bertz CT molecular complexity index is 582. The van der Waals surface area contributed by atoms with Crippen LogP contribution in [0.25, 0.3) is 0 Å². The highest BCUT2D eigenvalue weighted by Gasteiger charge is 2.12. The van der Waals surface area contributed by atoms with E-state index in [2.05, 4.69) is 0 Å². The molecule has 3 N–H and O–H groups in total. The molecule has 0 heterocycles. The predicted octanol–water partition coefficient (Wildman–Crippen LogP) is 2.22. The molecule has 0 radical (unpaired) electrons. The molecule has 1 unspecified atom stereocenters. The smallest absolute Gasteiger partial charge is 0.161 e. The van der Waals surface area contributed by atoms with Gasteiger partial charge in [0.1, 0.15) is 12.7 Å². The highest BCUT2D eigenvalue weighted by atomic mass is 16.5. The van der Waals surface area contributed by atoms with Crippen molar-refractivity contribution in [2.45, 2.75) is 6.10 Å². The third-order valence-corrected chi connectivity index (χ3v) is 2.85. The Morgan fingerprint density at radius 3 is 2.35 bits per heavy atom. The van der Waals surface area contributed by atoms with E-state index < -0.39 is 6.10 Å². The maximum absolute atomic E-state index is 10.0. The molecule has 0 saturated carbocycles. The number of phenolic OH excluding ortho intramolecular Hbond substituents is 2. The van der Waals surface area contributed by atoms with Gasteiger partial charge in [-0.2, -0.15) is 0 Å². The lowest BCUT2D eigenvalue weighted by Gasteiger charge is -2.15. The number of aliphatic hydroxyl groups excluding tert-OH is 1. The van der Waals surface area contributed by atoms with Gasteiger partial charge >= 0.3 is 0 Å². The summed E-state index contributed by atoms with van der Waals surface area (Å²) in [5.74, 6) is 0.593. The molecule has 0 aliphatic rings. The summed E-state index contributed by atoms with van der Waals surface area (Å²) in [6.45, 7) is 0.00455. The molecule has 0 bridgehead atoms. The quantitative estimate of drug-likeness (QED) is 0.730. The van der Waals surface area contributed by atoms with Crippen molar-refractivity contribution >= 4 is 0 Å². The summed E-state index contributed by atoms with van der Waals surface area (Å²) in [4.78, 5) is 0. The first-order valence-corrected chi connectivity index (χ1v) is 6.07. The summed E-state index contributed by atoms with van der Waals surface area (Å²) in [5.41, 5.74) is 0.454. The zero-order valence-electron chi connectivity index (χ0n) is 11.0. The van der Waals surface area contributed by atoms with Gasteiger partial charge < -0.3 is 24.8 Å². The number of methoxy groups -OCH3 is 1. The Kier molecular flexibility index (Phi) is 4.32. The molecule has 0 aliphatic carbocycles. The molecule has 0 fully saturated rings. The monoisotopic (exact) mass is 276 g/mol. The van der Waals surface area contributed by atoms with E-state index in [1.807, 2.05) is 6.07 Å². The van der Waals surface area contributed by atoms with Crippen molar-refractivity contribution in [2.75, 3.05) is 13.7 Å². The summed E-state index contributed by atoms with van der Waals surface area (Å²) in [7, 11) is 1.54. The normalized spacial score (nSPS) is 11.9. The van der Waals surface area contributed by atoms with Gasteiger partial charge in [0.15, 0.2) is 23.0 Å².